The molecule has 30 heavy (non-hydrogen) atoms. The van der Waals surface area contributed by atoms with Crippen molar-refractivity contribution in [1.82, 2.24) is 25.0 Å². The van der Waals surface area contributed by atoms with Crippen LogP contribution in [0.3, 0.4) is 0 Å². The first-order valence-electron chi connectivity index (χ1n) is 9.67. The standard InChI is InChI=1S/C22H22FN5O2/c1-27(2)12-4-11-24-21(29)14-7-9-15(10-8-14)28-22(30)17-13-25-20-16(19(17)26-28)5-3-6-18(20)23/h3,5-10,13,25H,4,11-12H2,1-2H3,(H,24,29). The van der Waals surface area contributed by atoms with E-state index in [9.17, 15) is 14.0 Å². The number of nitrogens with one attached hydrogen (secondary N) is 2. The number of pyridine rings is 1. The van der Waals surface area contributed by atoms with Gasteiger partial charge in [0.15, 0.2) is 0 Å². The van der Waals surface area contributed by atoms with Gasteiger partial charge in [-0.05, 0) is 57.4 Å². The minimum Gasteiger partial charge on any atom is -0.358 e. The minimum atomic E-state index is -0.405. The lowest BCUT2D eigenvalue weighted by atomic mass is 10.1. The number of nitrogens with zero attached hydrogens (tertiary/aromatic N) is 3. The molecule has 0 spiro atoms. The molecule has 0 bridgehead atoms. The number of carbonyl (C=O) groups excluding carboxylic acids is 1. The molecule has 2 aromatic carbocycles. The van der Waals surface area contributed by atoms with E-state index in [0.29, 0.717) is 40.0 Å². The van der Waals surface area contributed by atoms with Crippen LogP contribution in [-0.4, -0.2) is 52.8 Å². The number of aromatic amines is 1. The highest BCUT2D eigenvalue weighted by atomic mass is 19.1. The Morgan fingerprint density at radius 3 is 2.70 bits per heavy atom. The number of fused-ring (bicyclic) bond motifs is 3. The third kappa shape index (κ3) is 3.69. The molecule has 1 amide bonds. The average molecular weight is 407 g/mol. The summed E-state index contributed by atoms with van der Waals surface area (Å²) in [5, 5.41) is 7.84. The van der Waals surface area contributed by atoms with Gasteiger partial charge in [0.2, 0.25) is 0 Å². The van der Waals surface area contributed by atoms with Gasteiger partial charge in [0.1, 0.15) is 11.5 Å². The van der Waals surface area contributed by atoms with Crippen molar-refractivity contribution in [1.29, 1.82) is 0 Å². The number of carbonyl (C=O) groups is 1. The maximum atomic E-state index is 14.0. The van der Waals surface area contributed by atoms with Crippen LogP contribution in [0.1, 0.15) is 16.8 Å². The number of hydrogen-bond acceptors (Lipinski definition) is 4. The number of amides is 1. The SMILES string of the molecule is CN(C)CCCNC(=O)c1ccc(-n2nc3c4cccc(F)c4[nH]cc-3c2=O)cc1. The van der Waals surface area contributed by atoms with Gasteiger partial charge in [-0.1, -0.05) is 12.1 Å². The van der Waals surface area contributed by atoms with Gasteiger partial charge in [-0.2, -0.15) is 9.78 Å². The fraction of sp³-hybridized carbons (Fsp3) is 0.227. The monoisotopic (exact) mass is 407 g/mol. The Morgan fingerprint density at radius 2 is 1.97 bits per heavy atom. The van der Waals surface area contributed by atoms with E-state index in [1.807, 2.05) is 14.1 Å². The highest BCUT2D eigenvalue weighted by Gasteiger charge is 2.20. The molecular weight excluding hydrogens is 385 g/mol. The maximum Gasteiger partial charge on any atom is 0.282 e. The van der Waals surface area contributed by atoms with Crippen molar-refractivity contribution >= 4 is 16.8 Å². The number of aromatic nitrogens is 3. The second kappa shape index (κ2) is 8.08. The molecule has 0 aromatic heterocycles. The Kier molecular flexibility index (Phi) is 5.33. The second-order valence-electron chi connectivity index (χ2n) is 7.39. The summed E-state index contributed by atoms with van der Waals surface area (Å²) in [7, 11) is 3.97. The molecule has 154 valence electrons. The molecule has 7 nitrogen and oxygen atoms in total. The largest absolute Gasteiger partial charge is 0.358 e. The van der Waals surface area contributed by atoms with Gasteiger partial charge in [0.25, 0.3) is 11.5 Å². The zero-order chi connectivity index (χ0) is 21.3. The molecule has 0 fully saturated rings. The van der Waals surface area contributed by atoms with Crippen LogP contribution in [0.15, 0.2) is 53.5 Å². The van der Waals surface area contributed by atoms with Crippen LogP contribution in [0.2, 0.25) is 0 Å². The highest BCUT2D eigenvalue weighted by molar-refractivity contribution is 5.95. The number of benzene rings is 2. The van der Waals surface area contributed by atoms with Crippen LogP contribution in [0.25, 0.3) is 27.8 Å². The van der Waals surface area contributed by atoms with Gasteiger partial charge in [0, 0.05) is 23.7 Å². The molecule has 0 atom stereocenters. The zero-order valence-electron chi connectivity index (χ0n) is 16.8. The molecule has 2 aromatic rings. The van der Waals surface area contributed by atoms with E-state index >= 15 is 0 Å². The summed E-state index contributed by atoms with van der Waals surface area (Å²) in [6.45, 7) is 1.49. The van der Waals surface area contributed by atoms with E-state index in [1.165, 1.54) is 16.9 Å². The Morgan fingerprint density at radius 1 is 1.20 bits per heavy atom. The molecule has 0 radical (unpaired) electrons. The molecule has 0 saturated heterocycles. The highest BCUT2D eigenvalue weighted by Crippen LogP contribution is 2.27. The first-order chi connectivity index (χ1) is 14.5. The summed E-state index contributed by atoms with van der Waals surface area (Å²) >= 11 is 0. The van der Waals surface area contributed by atoms with Gasteiger partial charge in [0.05, 0.1) is 16.8 Å². The molecule has 2 N–H and O–H groups in total. The number of para-hydroxylation sites is 1. The number of halogens is 1. The fourth-order valence-corrected chi connectivity index (χ4v) is 3.38. The van der Waals surface area contributed by atoms with Crippen molar-refractivity contribution < 1.29 is 9.18 Å². The topological polar surface area (TPSA) is 83.0 Å². The third-order valence-corrected chi connectivity index (χ3v) is 4.95. The number of hydrogen-bond donors (Lipinski definition) is 2. The van der Waals surface area contributed by atoms with Crippen molar-refractivity contribution in [3.05, 3.63) is 70.4 Å². The van der Waals surface area contributed by atoms with Gasteiger partial charge >= 0.3 is 0 Å². The molecule has 8 heteroatoms. The molecule has 2 heterocycles. The molecule has 0 saturated carbocycles. The van der Waals surface area contributed by atoms with Crippen LogP contribution in [0, 0.1) is 5.82 Å². The van der Waals surface area contributed by atoms with Crippen LogP contribution in [0.5, 0.6) is 0 Å². The van der Waals surface area contributed by atoms with Crippen molar-refractivity contribution in [3.63, 3.8) is 0 Å². The van der Waals surface area contributed by atoms with Crippen molar-refractivity contribution in [2.75, 3.05) is 27.2 Å². The smallest absolute Gasteiger partial charge is 0.282 e. The van der Waals surface area contributed by atoms with Crippen LogP contribution < -0.4 is 10.9 Å². The molecular formula is C22H22FN5O2. The lowest BCUT2D eigenvalue weighted by Gasteiger charge is -2.10. The van der Waals surface area contributed by atoms with Gasteiger partial charge in [-0.3, -0.25) is 9.59 Å². The van der Waals surface area contributed by atoms with E-state index in [0.717, 1.165) is 13.0 Å². The van der Waals surface area contributed by atoms with Gasteiger partial charge in [-0.25, -0.2) is 4.39 Å². The molecule has 4 rings (SSSR count). The zero-order valence-corrected chi connectivity index (χ0v) is 16.8. The van der Waals surface area contributed by atoms with Crippen LogP contribution in [-0.2, 0) is 0 Å². The summed E-state index contributed by atoms with van der Waals surface area (Å²) in [6, 6.07) is 11.3. The first-order valence-corrected chi connectivity index (χ1v) is 9.67. The number of H-pyrrole nitrogens is 1. The molecule has 2 aliphatic rings. The second-order valence-corrected chi connectivity index (χ2v) is 7.39. The van der Waals surface area contributed by atoms with E-state index in [-0.39, 0.29) is 11.5 Å². The normalized spacial score (nSPS) is 11.5. The van der Waals surface area contributed by atoms with E-state index in [2.05, 4.69) is 20.3 Å². The van der Waals surface area contributed by atoms with Crippen molar-refractivity contribution in [3.8, 4) is 16.9 Å². The lowest BCUT2D eigenvalue weighted by molar-refractivity contribution is 0.0952. The summed E-state index contributed by atoms with van der Waals surface area (Å²) in [5.74, 6) is -0.568. The predicted octanol–water partition coefficient (Wildman–Crippen LogP) is 2.64. The van der Waals surface area contributed by atoms with Crippen LogP contribution in [0.4, 0.5) is 4.39 Å². The minimum absolute atomic E-state index is 0.163. The molecule has 0 aliphatic carbocycles. The predicted molar refractivity (Wildman–Crippen MR) is 114 cm³/mol. The van der Waals surface area contributed by atoms with Crippen molar-refractivity contribution in [2.45, 2.75) is 6.42 Å². The van der Waals surface area contributed by atoms with Gasteiger partial charge in [-0.15, -0.1) is 0 Å². The Hall–Kier alpha value is -3.52. The van der Waals surface area contributed by atoms with E-state index in [4.69, 9.17) is 0 Å². The summed E-state index contributed by atoms with van der Waals surface area (Å²) in [4.78, 5) is 30.0. The van der Waals surface area contributed by atoms with E-state index < -0.39 is 5.82 Å². The summed E-state index contributed by atoms with van der Waals surface area (Å²) < 4.78 is 15.3. The van der Waals surface area contributed by atoms with Gasteiger partial charge < -0.3 is 15.2 Å². The third-order valence-electron chi connectivity index (χ3n) is 4.95. The molecule has 2 aliphatic heterocycles. The first kappa shape index (κ1) is 19.8. The summed E-state index contributed by atoms with van der Waals surface area (Å²) in [6.07, 6.45) is 2.34. The quantitative estimate of drug-likeness (QED) is 0.482. The number of rotatable bonds is 6. The van der Waals surface area contributed by atoms with Crippen LogP contribution >= 0.6 is 0 Å². The van der Waals surface area contributed by atoms with Crippen molar-refractivity contribution in [2.24, 2.45) is 0 Å². The Bertz CT molecular complexity index is 1230. The Balaban J connectivity index is 1.60. The fourth-order valence-electron chi connectivity index (χ4n) is 3.38. The molecule has 0 unspecified atom stereocenters. The lowest BCUT2D eigenvalue weighted by Crippen LogP contribution is -2.27. The average Bonchev–Trinajstić information content (AvgIpc) is 3.08. The van der Waals surface area contributed by atoms with E-state index in [1.54, 1.807) is 36.4 Å². The Labute approximate surface area is 172 Å². The maximum absolute atomic E-state index is 14.0. The summed E-state index contributed by atoms with van der Waals surface area (Å²) in [5.41, 5.74) is 1.83.